The second-order valence-electron chi connectivity index (χ2n) is 7.43. The normalized spacial score (nSPS) is 11.7. The molecule has 178 valence electrons. The molecular weight excluding hydrogens is 511 g/mol. The number of rotatable bonds is 16. The van der Waals surface area contributed by atoms with Crippen molar-refractivity contribution in [2.24, 2.45) is 11.8 Å². The molecule has 0 aliphatic rings. The van der Waals surface area contributed by atoms with Gasteiger partial charge in [-0.2, -0.15) is 0 Å². The van der Waals surface area contributed by atoms with Crippen LogP contribution in [0, 0.1) is 11.8 Å². The SMILES string of the molecule is CC(CCCC(=O)[O-])C(=O)[O-].CC(CCCC(=O)[O-])C(=O)[O-].CCC[CH2][Sn+4][CH2]CCC. The van der Waals surface area contributed by atoms with Gasteiger partial charge in [0.25, 0.3) is 0 Å². The zero-order valence-corrected chi connectivity index (χ0v) is 22.3. The third-order valence-electron chi connectivity index (χ3n) is 4.26. The van der Waals surface area contributed by atoms with Crippen molar-refractivity contribution in [2.75, 3.05) is 0 Å². The number of carboxylic acid groups (broad SMARTS) is 4. The molecular formula is C22H38O8Sn. The van der Waals surface area contributed by atoms with Crippen molar-refractivity contribution in [3.63, 3.8) is 0 Å². The average molecular weight is 549 g/mol. The van der Waals surface area contributed by atoms with Gasteiger partial charge in [0, 0.05) is 23.9 Å². The molecule has 0 aromatic carbocycles. The summed E-state index contributed by atoms with van der Waals surface area (Å²) < 4.78 is 3.25. The van der Waals surface area contributed by atoms with E-state index in [0.29, 0.717) is 25.7 Å². The van der Waals surface area contributed by atoms with Crippen LogP contribution in [0.25, 0.3) is 0 Å². The first kappa shape index (κ1) is 34.3. The third-order valence-corrected chi connectivity index (χ3v) is 8.29. The second-order valence-corrected chi connectivity index (χ2v) is 11.7. The van der Waals surface area contributed by atoms with Gasteiger partial charge in [0.05, 0.1) is 0 Å². The summed E-state index contributed by atoms with van der Waals surface area (Å²) in [5, 5.41) is 40.0. The molecule has 0 aliphatic carbocycles. The first-order valence-electron chi connectivity index (χ1n) is 11.0. The molecule has 0 bridgehead atoms. The zero-order chi connectivity index (χ0) is 24.7. The molecule has 0 rings (SSSR count). The van der Waals surface area contributed by atoms with E-state index >= 15 is 0 Å². The predicted octanol–water partition coefficient (Wildman–Crippen LogP) is -0.287. The minimum atomic E-state index is -1.14. The summed E-state index contributed by atoms with van der Waals surface area (Å²) in [6.07, 6.45) is 6.99. The van der Waals surface area contributed by atoms with Gasteiger partial charge in [0.1, 0.15) is 0 Å². The van der Waals surface area contributed by atoms with E-state index < -0.39 is 35.7 Å². The van der Waals surface area contributed by atoms with Crippen LogP contribution in [-0.2, 0) is 19.2 Å². The molecule has 31 heavy (non-hydrogen) atoms. The summed E-state index contributed by atoms with van der Waals surface area (Å²) >= 11 is 0.149. The molecule has 0 aromatic heterocycles. The monoisotopic (exact) mass is 550 g/mol. The summed E-state index contributed by atoms with van der Waals surface area (Å²) in [4.78, 5) is 40.0. The molecule has 0 saturated heterocycles. The standard InChI is InChI=1S/2C7H12O4.2C4H9.Sn/c2*1-5(7(10)11)3-2-4-6(8)9;2*1-3-4-2;/h2*5H,2-4H2,1H3,(H,8,9)(H,10,11);2*1,3-4H2,2H3;/q;;;;+4/p-4. The summed E-state index contributed by atoms with van der Waals surface area (Å²) in [6, 6.07) is 0. The van der Waals surface area contributed by atoms with Crippen molar-refractivity contribution in [1.82, 2.24) is 0 Å². The van der Waals surface area contributed by atoms with Gasteiger partial charge in [0.15, 0.2) is 0 Å². The Labute approximate surface area is 197 Å². The Kier molecular flexibility index (Phi) is 27.6. The van der Waals surface area contributed by atoms with Gasteiger partial charge in [-0.05, 0) is 50.4 Å². The van der Waals surface area contributed by atoms with Crippen molar-refractivity contribution in [3.05, 3.63) is 0 Å². The Morgan fingerprint density at radius 2 is 0.968 bits per heavy atom. The Bertz CT molecular complexity index is 440. The maximum absolute atomic E-state index is 10.1. The fraction of sp³-hybridized carbons (Fsp3) is 0.818. The van der Waals surface area contributed by atoms with Gasteiger partial charge in [0.2, 0.25) is 0 Å². The number of hydrogen-bond donors (Lipinski definition) is 0. The molecule has 0 amide bonds. The number of hydrogen-bond acceptors (Lipinski definition) is 8. The van der Waals surface area contributed by atoms with E-state index in [0.717, 1.165) is 0 Å². The Balaban J connectivity index is -0.000000382. The predicted molar refractivity (Wildman–Crippen MR) is 111 cm³/mol. The van der Waals surface area contributed by atoms with Crippen LogP contribution in [0.1, 0.15) is 91.9 Å². The van der Waals surface area contributed by atoms with Gasteiger partial charge in [-0.15, -0.1) is 0 Å². The van der Waals surface area contributed by atoms with Gasteiger partial charge in [-0.1, -0.05) is 13.8 Å². The number of aliphatic carboxylic acids is 4. The quantitative estimate of drug-likeness (QED) is 0.188. The van der Waals surface area contributed by atoms with Gasteiger partial charge in [-0.25, -0.2) is 0 Å². The Morgan fingerprint density at radius 1 is 0.645 bits per heavy atom. The first-order valence-corrected chi connectivity index (χ1v) is 15.0. The Morgan fingerprint density at radius 3 is 1.19 bits per heavy atom. The van der Waals surface area contributed by atoms with Crippen molar-refractivity contribution >= 4 is 45.0 Å². The molecule has 0 heterocycles. The summed E-state index contributed by atoms with van der Waals surface area (Å²) in [5.74, 6) is -5.71. The van der Waals surface area contributed by atoms with Gasteiger partial charge >= 0.3 is 69.5 Å². The van der Waals surface area contributed by atoms with E-state index in [1.54, 1.807) is 8.87 Å². The molecule has 8 nitrogen and oxygen atoms in total. The van der Waals surface area contributed by atoms with Gasteiger partial charge in [-0.3, -0.25) is 0 Å². The topological polar surface area (TPSA) is 161 Å². The van der Waals surface area contributed by atoms with Crippen LogP contribution >= 0.6 is 0 Å². The molecule has 6 radical (unpaired) electrons. The van der Waals surface area contributed by atoms with E-state index in [9.17, 15) is 39.6 Å². The number of carbonyl (C=O) groups is 4. The van der Waals surface area contributed by atoms with Crippen molar-refractivity contribution in [1.29, 1.82) is 0 Å². The first-order chi connectivity index (χ1) is 14.5. The van der Waals surface area contributed by atoms with E-state index in [-0.39, 0.29) is 34.0 Å². The van der Waals surface area contributed by atoms with Crippen LogP contribution in [-0.4, -0.2) is 45.0 Å². The molecule has 0 aliphatic heterocycles. The fourth-order valence-electron chi connectivity index (χ4n) is 2.07. The second kappa shape index (κ2) is 24.9. The molecule has 2 atom stereocenters. The van der Waals surface area contributed by atoms with E-state index in [1.165, 1.54) is 39.5 Å². The molecule has 9 heteroatoms. The van der Waals surface area contributed by atoms with Gasteiger partial charge < -0.3 is 39.6 Å². The zero-order valence-electron chi connectivity index (χ0n) is 19.4. The van der Waals surface area contributed by atoms with Crippen LogP contribution in [0.3, 0.4) is 0 Å². The third kappa shape index (κ3) is 33.5. The average Bonchev–Trinajstić information content (AvgIpc) is 2.68. The summed E-state index contributed by atoms with van der Waals surface area (Å²) in [7, 11) is 0. The van der Waals surface area contributed by atoms with Crippen molar-refractivity contribution in [2.45, 2.75) is 101 Å². The summed E-state index contributed by atoms with van der Waals surface area (Å²) in [5.41, 5.74) is 0. The van der Waals surface area contributed by atoms with Crippen LogP contribution in [0.5, 0.6) is 0 Å². The van der Waals surface area contributed by atoms with Crippen LogP contribution in [0.2, 0.25) is 8.87 Å². The van der Waals surface area contributed by atoms with E-state index in [2.05, 4.69) is 13.8 Å². The van der Waals surface area contributed by atoms with Crippen LogP contribution in [0.15, 0.2) is 0 Å². The maximum atomic E-state index is 10.1. The number of carbonyl (C=O) groups excluding carboxylic acids is 4. The van der Waals surface area contributed by atoms with Crippen LogP contribution in [0.4, 0.5) is 0 Å². The minimum absolute atomic E-state index is 0.0857. The molecule has 0 fully saturated rings. The van der Waals surface area contributed by atoms with E-state index in [1.807, 2.05) is 0 Å². The molecule has 2 unspecified atom stereocenters. The van der Waals surface area contributed by atoms with Crippen molar-refractivity contribution in [3.8, 4) is 0 Å². The van der Waals surface area contributed by atoms with E-state index in [4.69, 9.17) is 0 Å². The molecule has 0 N–H and O–H groups in total. The van der Waals surface area contributed by atoms with Crippen LogP contribution < -0.4 is 20.4 Å². The number of carboxylic acids is 4. The molecule has 0 aromatic rings. The summed E-state index contributed by atoms with van der Waals surface area (Å²) in [6.45, 7) is 7.56. The molecule has 0 spiro atoms. The Hall–Kier alpha value is -1.32. The molecule has 0 saturated carbocycles. The van der Waals surface area contributed by atoms with Crippen molar-refractivity contribution < 1.29 is 39.6 Å². The fourth-order valence-corrected chi connectivity index (χ4v) is 6.23. The number of unbranched alkanes of at least 4 members (excludes halogenated alkanes) is 2.